The first-order valence-corrected chi connectivity index (χ1v) is 7.68. The van der Waals surface area contributed by atoms with Gasteiger partial charge in [-0.3, -0.25) is 4.79 Å². The molecule has 0 N–H and O–H groups in total. The van der Waals surface area contributed by atoms with Gasteiger partial charge < -0.3 is 14.3 Å². The Morgan fingerprint density at radius 1 is 1.12 bits per heavy atom. The summed E-state index contributed by atoms with van der Waals surface area (Å²) in [7, 11) is 5.55. The van der Waals surface area contributed by atoms with Gasteiger partial charge in [-0.05, 0) is 26.0 Å². The Kier molecular flexibility index (Phi) is 3.97. The van der Waals surface area contributed by atoms with Gasteiger partial charge >= 0.3 is 0 Å². The van der Waals surface area contributed by atoms with E-state index in [2.05, 4.69) is 10.1 Å². The Balaban J connectivity index is 2.16. The lowest BCUT2D eigenvalue weighted by atomic mass is 10.1. The Morgan fingerprint density at radius 2 is 1.83 bits per heavy atom. The Bertz CT molecular complexity index is 895. The fourth-order valence-corrected chi connectivity index (χ4v) is 2.81. The van der Waals surface area contributed by atoms with Gasteiger partial charge in [0.25, 0.3) is 5.91 Å². The van der Waals surface area contributed by atoms with Crippen molar-refractivity contribution in [2.24, 2.45) is 0 Å². The number of para-hydroxylation sites is 1. The van der Waals surface area contributed by atoms with Gasteiger partial charge in [0.2, 0.25) is 0 Å². The van der Waals surface area contributed by atoms with E-state index in [1.165, 1.54) is 0 Å². The van der Waals surface area contributed by atoms with Crippen LogP contribution in [0.4, 0.5) is 11.5 Å². The van der Waals surface area contributed by atoms with Gasteiger partial charge in [-0.2, -0.15) is 0 Å². The molecule has 0 fully saturated rings. The van der Waals surface area contributed by atoms with Crippen molar-refractivity contribution in [3.8, 4) is 0 Å². The number of anilines is 2. The van der Waals surface area contributed by atoms with Gasteiger partial charge in [-0.25, -0.2) is 4.98 Å². The molecule has 0 atom stereocenters. The van der Waals surface area contributed by atoms with Crippen molar-refractivity contribution in [3.63, 3.8) is 0 Å². The van der Waals surface area contributed by atoms with Crippen LogP contribution in [0.25, 0.3) is 10.9 Å². The van der Waals surface area contributed by atoms with Crippen LogP contribution < -0.4 is 9.80 Å². The van der Waals surface area contributed by atoms with E-state index in [0.29, 0.717) is 22.7 Å². The van der Waals surface area contributed by atoms with Gasteiger partial charge in [-0.1, -0.05) is 23.4 Å². The minimum absolute atomic E-state index is 0.119. The van der Waals surface area contributed by atoms with E-state index in [-0.39, 0.29) is 5.91 Å². The Hall–Kier alpha value is -2.89. The zero-order valence-electron chi connectivity index (χ0n) is 14.5. The van der Waals surface area contributed by atoms with E-state index in [9.17, 15) is 4.79 Å². The standard InChI is InChI=1S/C18H20N4O2/c1-11-17(12(2)24-20-11)22(5)18(23)14-10-16(21(3)4)19-15-9-7-6-8-13(14)15/h6-10H,1-5H3. The number of hydrogen-bond acceptors (Lipinski definition) is 5. The van der Waals surface area contributed by atoms with Crippen molar-refractivity contribution in [2.75, 3.05) is 30.9 Å². The zero-order chi connectivity index (χ0) is 17.4. The summed E-state index contributed by atoms with van der Waals surface area (Å²) in [5.41, 5.74) is 2.79. The minimum atomic E-state index is -0.119. The number of aromatic nitrogens is 2. The second kappa shape index (κ2) is 5.96. The van der Waals surface area contributed by atoms with Crippen molar-refractivity contribution in [1.29, 1.82) is 0 Å². The lowest BCUT2D eigenvalue weighted by Crippen LogP contribution is -2.27. The van der Waals surface area contributed by atoms with Gasteiger partial charge in [0.15, 0.2) is 5.76 Å². The molecule has 0 bridgehead atoms. The molecule has 0 saturated heterocycles. The SMILES string of the molecule is Cc1noc(C)c1N(C)C(=O)c1cc(N(C)C)nc2ccccc12. The highest BCUT2D eigenvalue weighted by atomic mass is 16.5. The number of aryl methyl sites for hydroxylation is 2. The lowest BCUT2D eigenvalue weighted by molar-refractivity contribution is 0.0994. The topological polar surface area (TPSA) is 62.5 Å². The second-order valence-electron chi connectivity index (χ2n) is 5.98. The Labute approximate surface area is 140 Å². The molecule has 0 radical (unpaired) electrons. The van der Waals surface area contributed by atoms with E-state index in [1.54, 1.807) is 18.9 Å². The van der Waals surface area contributed by atoms with Crippen LogP contribution in [-0.4, -0.2) is 37.2 Å². The van der Waals surface area contributed by atoms with Crippen LogP contribution in [0.15, 0.2) is 34.9 Å². The maximum atomic E-state index is 13.1. The summed E-state index contributed by atoms with van der Waals surface area (Å²) in [5.74, 6) is 1.24. The van der Waals surface area contributed by atoms with E-state index in [1.807, 2.05) is 56.3 Å². The third-order valence-corrected chi connectivity index (χ3v) is 4.03. The maximum Gasteiger partial charge on any atom is 0.258 e. The highest BCUT2D eigenvalue weighted by molar-refractivity contribution is 6.14. The van der Waals surface area contributed by atoms with Crippen molar-refractivity contribution in [2.45, 2.75) is 13.8 Å². The number of hydrogen-bond donors (Lipinski definition) is 0. The van der Waals surface area contributed by atoms with Gasteiger partial charge in [0.05, 0.1) is 11.1 Å². The molecule has 2 heterocycles. The highest BCUT2D eigenvalue weighted by Crippen LogP contribution is 2.28. The van der Waals surface area contributed by atoms with Crippen molar-refractivity contribution in [3.05, 3.63) is 47.3 Å². The number of amides is 1. The molecule has 0 unspecified atom stereocenters. The van der Waals surface area contributed by atoms with E-state index >= 15 is 0 Å². The predicted octanol–water partition coefficient (Wildman–Crippen LogP) is 3.18. The lowest BCUT2D eigenvalue weighted by Gasteiger charge is -2.20. The summed E-state index contributed by atoms with van der Waals surface area (Å²) in [5, 5.41) is 4.76. The molecular weight excluding hydrogens is 304 g/mol. The van der Waals surface area contributed by atoms with E-state index in [0.717, 1.165) is 16.7 Å². The summed E-state index contributed by atoms with van der Waals surface area (Å²) < 4.78 is 5.19. The number of rotatable bonds is 3. The number of benzene rings is 1. The fraction of sp³-hybridized carbons (Fsp3) is 0.278. The quantitative estimate of drug-likeness (QED) is 0.740. The van der Waals surface area contributed by atoms with Crippen molar-refractivity contribution >= 4 is 28.3 Å². The smallest absolute Gasteiger partial charge is 0.258 e. The zero-order valence-corrected chi connectivity index (χ0v) is 14.5. The molecule has 124 valence electrons. The highest BCUT2D eigenvalue weighted by Gasteiger charge is 2.23. The van der Waals surface area contributed by atoms with Crippen molar-refractivity contribution in [1.82, 2.24) is 10.1 Å². The molecule has 0 aliphatic carbocycles. The first-order valence-electron chi connectivity index (χ1n) is 7.68. The molecule has 6 nitrogen and oxygen atoms in total. The molecular formula is C18H20N4O2. The van der Waals surface area contributed by atoms with Crippen molar-refractivity contribution < 1.29 is 9.32 Å². The molecule has 24 heavy (non-hydrogen) atoms. The predicted molar refractivity (Wildman–Crippen MR) is 94.8 cm³/mol. The average molecular weight is 324 g/mol. The number of pyridine rings is 1. The molecule has 6 heteroatoms. The molecule has 3 rings (SSSR count). The molecule has 3 aromatic rings. The summed E-state index contributed by atoms with van der Waals surface area (Å²) in [6.07, 6.45) is 0. The number of carbonyl (C=O) groups excluding carboxylic acids is 1. The summed E-state index contributed by atoms with van der Waals surface area (Å²) >= 11 is 0. The molecule has 0 aliphatic rings. The molecule has 1 amide bonds. The molecule has 2 aromatic heterocycles. The fourth-order valence-electron chi connectivity index (χ4n) is 2.81. The van der Waals surface area contributed by atoms with E-state index < -0.39 is 0 Å². The first-order chi connectivity index (χ1) is 11.4. The number of nitrogens with zero attached hydrogens (tertiary/aromatic N) is 4. The molecule has 0 aliphatic heterocycles. The van der Waals surface area contributed by atoms with Crippen LogP contribution in [0, 0.1) is 13.8 Å². The monoisotopic (exact) mass is 324 g/mol. The minimum Gasteiger partial charge on any atom is -0.363 e. The Morgan fingerprint density at radius 3 is 2.46 bits per heavy atom. The van der Waals surface area contributed by atoms with Crippen LogP contribution in [-0.2, 0) is 0 Å². The van der Waals surface area contributed by atoms with Crippen LogP contribution in [0.5, 0.6) is 0 Å². The summed E-state index contributed by atoms with van der Waals surface area (Å²) in [6.45, 7) is 3.63. The van der Waals surface area contributed by atoms with Gasteiger partial charge in [0, 0.05) is 26.5 Å². The maximum absolute atomic E-state index is 13.1. The normalized spacial score (nSPS) is 10.9. The van der Waals surface area contributed by atoms with Crippen LogP contribution in [0.2, 0.25) is 0 Å². The second-order valence-corrected chi connectivity index (χ2v) is 5.98. The third kappa shape index (κ3) is 2.60. The van der Waals surface area contributed by atoms with Crippen LogP contribution in [0.3, 0.4) is 0 Å². The van der Waals surface area contributed by atoms with Crippen LogP contribution >= 0.6 is 0 Å². The number of carbonyl (C=O) groups is 1. The van der Waals surface area contributed by atoms with Gasteiger partial charge in [-0.15, -0.1) is 0 Å². The van der Waals surface area contributed by atoms with Gasteiger partial charge in [0.1, 0.15) is 17.2 Å². The largest absolute Gasteiger partial charge is 0.363 e. The van der Waals surface area contributed by atoms with Crippen LogP contribution in [0.1, 0.15) is 21.8 Å². The summed E-state index contributed by atoms with van der Waals surface area (Å²) in [6, 6.07) is 9.47. The first kappa shape index (κ1) is 16.0. The van der Waals surface area contributed by atoms with E-state index in [4.69, 9.17) is 4.52 Å². The molecule has 0 saturated carbocycles. The third-order valence-electron chi connectivity index (χ3n) is 4.03. The average Bonchev–Trinajstić information content (AvgIpc) is 2.91. The molecule has 0 spiro atoms. The number of fused-ring (bicyclic) bond motifs is 1. The summed E-state index contributed by atoms with van der Waals surface area (Å²) in [4.78, 5) is 21.2. The molecule has 1 aromatic carbocycles.